The van der Waals surface area contributed by atoms with Crippen molar-refractivity contribution < 1.29 is 18.7 Å². The van der Waals surface area contributed by atoms with E-state index >= 15 is 0 Å². The number of hydrogen-bond donors (Lipinski definition) is 1. The average molecular weight is 313 g/mol. The van der Waals surface area contributed by atoms with Gasteiger partial charge in [-0.1, -0.05) is 18.2 Å². The lowest BCUT2D eigenvalue weighted by Gasteiger charge is -2.18. The highest BCUT2D eigenvalue weighted by molar-refractivity contribution is 5.91. The van der Waals surface area contributed by atoms with E-state index in [9.17, 15) is 9.18 Å². The zero-order valence-electron chi connectivity index (χ0n) is 12.4. The van der Waals surface area contributed by atoms with Crippen molar-refractivity contribution in [3.05, 3.63) is 65.5 Å². The molecule has 23 heavy (non-hydrogen) atoms. The van der Waals surface area contributed by atoms with Gasteiger partial charge in [-0.15, -0.1) is 0 Å². The fraction of sp³-hybridized carbons (Fsp3) is 0.167. The summed E-state index contributed by atoms with van der Waals surface area (Å²) in [5, 5.41) is 2.79. The summed E-state index contributed by atoms with van der Waals surface area (Å²) in [7, 11) is 0. The molecule has 0 radical (unpaired) electrons. The van der Waals surface area contributed by atoms with Crippen LogP contribution in [0.5, 0.6) is 11.5 Å². The van der Waals surface area contributed by atoms with Gasteiger partial charge in [-0.3, -0.25) is 4.79 Å². The second-order valence-electron chi connectivity index (χ2n) is 5.08. The Morgan fingerprint density at radius 2 is 1.83 bits per heavy atom. The van der Waals surface area contributed by atoms with Crippen molar-refractivity contribution in [2.75, 3.05) is 13.2 Å². The standard InChI is InChI=1S/C18H16FNO3/c19-15-5-1-13(2-6-15)4-8-18(21)20-12-14-3-7-16-17(11-14)23-10-9-22-16/h1-8,11H,9-10,12H2,(H,20,21). The van der Waals surface area contributed by atoms with Crippen molar-refractivity contribution >= 4 is 12.0 Å². The van der Waals surface area contributed by atoms with E-state index in [1.54, 1.807) is 18.2 Å². The van der Waals surface area contributed by atoms with Gasteiger partial charge in [0.2, 0.25) is 5.91 Å². The van der Waals surface area contributed by atoms with E-state index in [0.717, 1.165) is 16.9 Å². The first-order valence-electron chi connectivity index (χ1n) is 7.31. The summed E-state index contributed by atoms with van der Waals surface area (Å²) in [5.74, 6) is 0.904. The Bertz CT molecular complexity index is 726. The summed E-state index contributed by atoms with van der Waals surface area (Å²) in [6.45, 7) is 1.48. The Hall–Kier alpha value is -2.82. The van der Waals surface area contributed by atoms with E-state index in [1.807, 2.05) is 18.2 Å². The molecule has 0 spiro atoms. The lowest BCUT2D eigenvalue weighted by Crippen LogP contribution is -2.20. The highest BCUT2D eigenvalue weighted by Crippen LogP contribution is 2.30. The van der Waals surface area contributed by atoms with Crippen LogP contribution in [-0.2, 0) is 11.3 Å². The van der Waals surface area contributed by atoms with E-state index in [1.165, 1.54) is 18.2 Å². The van der Waals surface area contributed by atoms with Crippen LogP contribution in [0, 0.1) is 5.82 Å². The first kappa shape index (κ1) is 15.1. The Morgan fingerprint density at radius 3 is 2.61 bits per heavy atom. The lowest BCUT2D eigenvalue weighted by molar-refractivity contribution is -0.116. The zero-order valence-corrected chi connectivity index (χ0v) is 12.4. The molecule has 1 N–H and O–H groups in total. The van der Waals surface area contributed by atoms with Crippen LogP contribution in [0.3, 0.4) is 0 Å². The SMILES string of the molecule is O=C(C=Cc1ccc(F)cc1)NCc1ccc2c(c1)OCCO2. The fourth-order valence-corrected chi connectivity index (χ4v) is 2.19. The van der Waals surface area contributed by atoms with Crippen molar-refractivity contribution in [3.63, 3.8) is 0 Å². The fourth-order valence-electron chi connectivity index (χ4n) is 2.19. The number of amides is 1. The first-order valence-corrected chi connectivity index (χ1v) is 7.31. The molecule has 2 aromatic carbocycles. The molecule has 118 valence electrons. The molecular formula is C18H16FNO3. The minimum atomic E-state index is -0.301. The van der Waals surface area contributed by atoms with Gasteiger partial charge in [-0.2, -0.15) is 0 Å². The van der Waals surface area contributed by atoms with E-state index in [-0.39, 0.29) is 11.7 Å². The van der Waals surface area contributed by atoms with Crippen molar-refractivity contribution in [1.82, 2.24) is 5.32 Å². The van der Waals surface area contributed by atoms with Gasteiger partial charge in [0.15, 0.2) is 11.5 Å². The van der Waals surface area contributed by atoms with Gasteiger partial charge in [-0.25, -0.2) is 4.39 Å². The van der Waals surface area contributed by atoms with Gasteiger partial charge in [0, 0.05) is 12.6 Å². The molecule has 0 aromatic heterocycles. The number of ether oxygens (including phenoxy) is 2. The number of rotatable bonds is 4. The Morgan fingerprint density at radius 1 is 1.09 bits per heavy atom. The van der Waals surface area contributed by atoms with Crippen molar-refractivity contribution in [3.8, 4) is 11.5 Å². The molecule has 1 heterocycles. The van der Waals surface area contributed by atoms with Crippen LogP contribution in [-0.4, -0.2) is 19.1 Å². The Balaban J connectivity index is 1.55. The molecule has 2 aromatic rings. The van der Waals surface area contributed by atoms with E-state index in [0.29, 0.717) is 25.5 Å². The van der Waals surface area contributed by atoms with Gasteiger partial charge in [0.05, 0.1) is 0 Å². The third-order valence-corrected chi connectivity index (χ3v) is 3.37. The van der Waals surface area contributed by atoms with Crippen LogP contribution in [0.25, 0.3) is 6.08 Å². The molecule has 1 aliphatic heterocycles. The highest BCUT2D eigenvalue weighted by atomic mass is 19.1. The second-order valence-corrected chi connectivity index (χ2v) is 5.08. The Kier molecular flexibility index (Phi) is 4.57. The van der Waals surface area contributed by atoms with Crippen LogP contribution < -0.4 is 14.8 Å². The highest BCUT2D eigenvalue weighted by Gasteiger charge is 2.11. The summed E-state index contributed by atoms with van der Waals surface area (Å²) in [5.41, 5.74) is 1.69. The summed E-state index contributed by atoms with van der Waals surface area (Å²) in [6.07, 6.45) is 3.06. The molecule has 1 amide bonds. The molecule has 0 atom stereocenters. The second kappa shape index (κ2) is 6.96. The molecule has 0 aliphatic carbocycles. The molecule has 0 unspecified atom stereocenters. The van der Waals surface area contributed by atoms with Gasteiger partial charge in [0.1, 0.15) is 19.0 Å². The number of fused-ring (bicyclic) bond motifs is 1. The van der Waals surface area contributed by atoms with Crippen molar-refractivity contribution in [2.24, 2.45) is 0 Å². The third-order valence-electron chi connectivity index (χ3n) is 3.37. The maximum Gasteiger partial charge on any atom is 0.244 e. The first-order chi connectivity index (χ1) is 11.2. The molecule has 0 saturated carbocycles. The molecule has 5 heteroatoms. The smallest absolute Gasteiger partial charge is 0.244 e. The van der Waals surface area contributed by atoms with E-state index < -0.39 is 0 Å². The maximum absolute atomic E-state index is 12.8. The number of carbonyl (C=O) groups excluding carboxylic acids is 1. The lowest BCUT2D eigenvalue weighted by atomic mass is 10.2. The summed E-state index contributed by atoms with van der Waals surface area (Å²) >= 11 is 0. The van der Waals surface area contributed by atoms with Gasteiger partial charge >= 0.3 is 0 Å². The molecule has 0 bridgehead atoms. The van der Waals surface area contributed by atoms with Crippen LogP contribution in [0.4, 0.5) is 4.39 Å². The van der Waals surface area contributed by atoms with Crippen LogP contribution in [0.1, 0.15) is 11.1 Å². The Labute approximate surface area is 133 Å². The van der Waals surface area contributed by atoms with Crippen molar-refractivity contribution in [1.29, 1.82) is 0 Å². The predicted octanol–water partition coefficient (Wildman–Crippen LogP) is 2.93. The summed E-state index contributed by atoms with van der Waals surface area (Å²) in [6, 6.07) is 11.5. The zero-order chi connectivity index (χ0) is 16.1. The van der Waals surface area contributed by atoms with Crippen LogP contribution >= 0.6 is 0 Å². The molecule has 3 rings (SSSR count). The minimum absolute atomic E-state index is 0.218. The number of hydrogen-bond acceptors (Lipinski definition) is 3. The summed E-state index contributed by atoms with van der Waals surface area (Å²) < 4.78 is 23.7. The normalized spacial score (nSPS) is 13.1. The minimum Gasteiger partial charge on any atom is -0.486 e. The predicted molar refractivity (Wildman–Crippen MR) is 84.7 cm³/mol. The molecule has 4 nitrogen and oxygen atoms in total. The monoisotopic (exact) mass is 313 g/mol. The van der Waals surface area contributed by atoms with E-state index in [4.69, 9.17) is 9.47 Å². The third kappa shape index (κ3) is 4.10. The molecule has 0 saturated heterocycles. The number of benzene rings is 2. The largest absolute Gasteiger partial charge is 0.486 e. The molecule has 0 fully saturated rings. The van der Waals surface area contributed by atoms with Crippen LogP contribution in [0.15, 0.2) is 48.5 Å². The quantitative estimate of drug-likeness (QED) is 0.883. The number of nitrogens with one attached hydrogen (secondary N) is 1. The number of halogens is 1. The van der Waals surface area contributed by atoms with Gasteiger partial charge in [-0.05, 0) is 41.5 Å². The molecule has 1 aliphatic rings. The van der Waals surface area contributed by atoms with Gasteiger partial charge < -0.3 is 14.8 Å². The van der Waals surface area contributed by atoms with Gasteiger partial charge in [0.25, 0.3) is 0 Å². The maximum atomic E-state index is 12.8. The molecular weight excluding hydrogens is 297 g/mol. The van der Waals surface area contributed by atoms with Crippen LogP contribution in [0.2, 0.25) is 0 Å². The average Bonchev–Trinajstić information content (AvgIpc) is 2.59. The number of carbonyl (C=O) groups is 1. The topological polar surface area (TPSA) is 47.6 Å². The van der Waals surface area contributed by atoms with E-state index in [2.05, 4.69) is 5.32 Å². The summed E-state index contributed by atoms with van der Waals surface area (Å²) in [4.78, 5) is 11.8. The van der Waals surface area contributed by atoms with Crippen molar-refractivity contribution in [2.45, 2.75) is 6.54 Å².